The average Bonchev–Trinajstić information content (AvgIpc) is 2.39. The molecule has 1 rings (SSSR count). The first kappa shape index (κ1) is 18.4. The van der Waals surface area contributed by atoms with E-state index in [9.17, 15) is 13.2 Å². The van der Waals surface area contributed by atoms with Crippen LogP contribution in [0.15, 0.2) is 24.3 Å². The van der Waals surface area contributed by atoms with Crippen LogP contribution in [0, 0.1) is 6.92 Å². The molecule has 0 fully saturated rings. The Morgan fingerprint density at radius 2 is 1.73 bits per heavy atom. The molecule has 0 saturated heterocycles. The SMILES string of the molecule is Cc1ccc(N(CCC(=O)NCCN(C)C)S(C)(=O)=O)cc1. The van der Waals surface area contributed by atoms with Crippen molar-refractivity contribution >= 4 is 21.6 Å². The molecule has 22 heavy (non-hydrogen) atoms. The third-order valence-electron chi connectivity index (χ3n) is 3.15. The Balaban J connectivity index is 2.64. The maximum atomic E-state index is 11.9. The van der Waals surface area contributed by atoms with E-state index in [4.69, 9.17) is 0 Å². The van der Waals surface area contributed by atoms with E-state index < -0.39 is 10.0 Å². The van der Waals surface area contributed by atoms with Crippen LogP contribution in [-0.2, 0) is 14.8 Å². The number of rotatable bonds is 8. The fourth-order valence-electron chi connectivity index (χ4n) is 1.91. The zero-order valence-corrected chi connectivity index (χ0v) is 14.5. The molecule has 0 atom stereocenters. The number of hydrogen-bond acceptors (Lipinski definition) is 4. The van der Waals surface area contributed by atoms with Crippen LogP contribution in [0.3, 0.4) is 0 Å². The van der Waals surface area contributed by atoms with Crippen molar-refractivity contribution in [3.63, 3.8) is 0 Å². The molecule has 0 spiro atoms. The minimum atomic E-state index is -3.42. The van der Waals surface area contributed by atoms with Crippen molar-refractivity contribution < 1.29 is 13.2 Å². The Morgan fingerprint density at radius 1 is 1.14 bits per heavy atom. The molecule has 1 aromatic carbocycles. The molecule has 0 bridgehead atoms. The van der Waals surface area contributed by atoms with Crippen LogP contribution in [-0.4, -0.2) is 59.2 Å². The molecule has 0 aliphatic rings. The Kier molecular flexibility index (Phi) is 6.83. The maximum Gasteiger partial charge on any atom is 0.232 e. The minimum Gasteiger partial charge on any atom is -0.355 e. The molecule has 1 amide bonds. The van der Waals surface area contributed by atoms with E-state index in [-0.39, 0.29) is 18.9 Å². The Labute approximate surface area is 133 Å². The van der Waals surface area contributed by atoms with E-state index >= 15 is 0 Å². The monoisotopic (exact) mass is 327 g/mol. The van der Waals surface area contributed by atoms with Gasteiger partial charge in [-0.15, -0.1) is 0 Å². The van der Waals surface area contributed by atoms with Crippen molar-refractivity contribution in [2.45, 2.75) is 13.3 Å². The largest absolute Gasteiger partial charge is 0.355 e. The molecule has 7 heteroatoms. The number of nitrogens with zero attached hydrogens (tertiary/aromatic N) is 2. The normalized spacial score (nSPS) is 11.5. The van der Waals surface area contributed by atoms with Gasteiger partial charge in [0.1, 0.15) is 0 Å². The second-order valence-corrected chi connectivity index (χ2v) is 7.48. The van der Waals surface area contributed by atoms with Gasteiger partial charge in [-0.05, 0) is 33.2 Å². The molecule has 0 saturated carbocycles. The molecule has 0 aliphatic heterocycles. The lowest BCUT2D eigenvalue weighted by Gasteiger charge is -2.22. The van der Waals surface area contributed by atoms with Gasteiger partial charge >= 0.3 is 0 Å². The summed E-state index contributed by atoms with van der Waals surface area (Å²) in [5, 5.41) is 2.78. The highest BCUT2D eigenvalue weighted by molar-refractivity contribution is 7.92. The van der Waals surface area contributed by atoms with Crippen molar-refractivity contribution in [3.8, 4) is 0 Å². The van der Waals surface area contributed by atoms with Gasteiger partial charge in [-0.1, -0.05) is 17.7 Å². The van der Waals surface area contributed by atoms with Crippen LogP contribution in [0.5, 0.6) is 0 Å². The first-order valence-electron chi connectivity index (χ1n) is 7.16. The summed E-state index contributed by atoms with van der Waals surface area (Å²) >= 11 is 0. The number of carbonyl (C=O) groups is 1. The molecule has 6 nitrogen and oxygen atoms in total. The molecule has 0 aromatic heterocycles. The van der Waals surface area contributed by atoms with Crippen LogP contribution < -0.4 is 9.62 Å². The van der Waals surface area contributed by atoms with Gasteiger partial charge in [-0.2, -0.15) is 0 Å². The smallest absolute Gasteiger partial charge is 0.232 e. The van der Waals surface area contributed by atoms with E-state index in [1.807, 2.05) is 38.1 Å². The summed E-state index contributed by atoms with van der Waals surface area (Å²) in [7, 11) is 0.436. The van der Waals surface area contributed by atoms with Crippen LogP contribution in [0.25, 0.3) is 0 Å². The van der Waals surface area contributed by atoms with E-state index in [0.717, 1.165) is 18.4 Å². The summed E-state index contributed by atoms with van der Waals surface area (Å²) in [5.41, 5.74) is 1.63. The number of anilines is 1. The van der Waals surface area contributed by atoms with E-state index in [1.54, 1.807) is 12.1 Å². The summed E-state index contributed by atoms with van der Waals surface area (Å²) in [4.78, 5) is 13.8. The highest BCUT2D eigenvalue weighted by Gasteiger charge is 2.18. The summed E-state index contributed by atoms with van der Waals surface area (Å²) in [5.74, 6) is -0.150. The first-order valence-corrected chi connectivity index (χ1v) is 9.01. The lowest BCUT2D eigenvalue weighted by molar-refractivity contribution is -0.120. The minimum absolute atomic E-state index is 0.133. The molecule has 1 aromatic rings. The zero-order chi connectivity index (χ0) is 16.8. The van der Waals surface area contributed by atoms with Crippen molar-refractivity contribution in [1.82, 2.24) is 10.2 Å². The van der Waals surface area contributed by atoms with Crippen LogP contribution in [0.2, 0.25) is 0 Å². The van der Waals surface area contributed by atoms with E-state index in [1.165, 1.54) is 4.31 Å². The standard InChI is InChI=1S/C15H25N3O3S/c1-13-5-7-14(8-6-13)18(22(4,20)21)11-9-15(19)16-10-12-17(2)3/h5-8H,9-12H2,1-4H3,(H,16,19). The van der Waals surface area contributed by atoms with E-state index in [0.29, 0.717) is 12.2 Å². The predicted octanol–water partition coefficient (Wildman–Crippen LogP) is 0.829. The number of carbonyl (C=O) groups excluding carboxylic acids is 1. The van der Waals surface area contributed by atoms with Gasteiger partial charge in [0.15, 0.2) is 0 Å². The quantitative estimate of drug-likeness (QED) is 0.768. The second kappa shape index (κ2) is 8.14. The van der Waals surface area contributed by atoms with Gasteiger partial charge in [0, 0.05) is 26.1 Å². The molecule has 1 N–H and O–H groups in total. The lowest BCUT2D eigenvalue weighted by Crippen LogP contribution is -2.36. The Morgan fingerprint density at radius 3 is 2.23 bits per heavy atom. The lowest BCUT2D eigenvalue weighted by atomic mass is 10.2. The Hall–Kier alpha value is -1.60. The molecule has 0 heterocycles. The van der Waals surface area contributed by atoms with Crippen LogP contribution in [0.1, 0.15) is 12.0 Å². The molecule has 0 aliphatic carbocycles. The van der Waals surface area contributed by atoms with Gasteiger partial charge < -0.3 is 10.2 Å². The molecule has 0 radical (unpaired) electrons. The summed E-state index contributed by atoms with van der Waals surface area (Å²) in [6, 6.07) is 7.20. The number of nitrogens with one attached hydrogen (secondary N) is 1. The van der Waals surface area contributed by atoms with Crippen LogP contribution in [0.4, 0.5) is 5.69 Å². The van der Waals surface area contributed by atoms with Crippen molar-refractivity contribution in [1.29, 1.82) is 0 Å². The summed E-state index contributed by atoms with van der Waals surface area (Å²) < 4.78 is 25.1. The van der Waals surface area contributed by atoms with Gasteiger partial charge in [0.25, 0.3) is 0 Å². The first-order chi connectivity index (χ1) is 10.2. The summed E-state index contributed by atoms with van der Waals surface area (Å²) in [6.07, 6.45) is 1.28. The molecular formula is C15H25N3O3S. The van der Waals surface area contributed by atoms with Gasteiger partial charge in [0.05, 0.1) is 11.9 Å². The number of aryl methyl sites for hydroxylation is 1. The third kappa shape index (κ3) is 6.44. The van der Waals surface area contributed by atoms with Crippen molar-refractivity contribution in [2.75, 3.05) is 44.3 Å². The highest BCUT2D eigenvalue weighted by atomic mass is 32.2. The highest BCUT2D eigenvalue weighted by Crippen LogP contribution is 2.18. The van der Waals surface area contributed by atoms with E-state index in [2.05, 4.69) is 5.32 Å². The molecular weight excluding hydrogens is 302 g/mol. The number of hydrogen-bond donors (Lipinski definition) is 1. The number of sulfonamides is 1. The number of benzene rings is 1. The molecule has 124 valence electrons. The van der Waals surface area contributed by atoms with Crippen molar-refractivity contribution in [3.05, 3.63) is 29.8 Å². The summed E-state index contributed by atoms with van der Waals surface area (Å²) in [6.45, 7) is 3.37. The predicted molar refractivity (Wildman–Crippen MR) is 89.5 cm³/mol. The maximum absolute atomic E-state index is 11.9. The second-order valence-electron chi connectivity index (χ2n) is 5.57. The number of likely N-dealkylation sites (N-methyl/N-ethyl adjacent to an activating group) is 1. The van der Waals surface area contributed by atoms with Crippen LogP contribution >= 0.6 is 0 Å². The van der Waals surface area contributed by atoms with Gasteiger partial charge in [-0.25, -0.2) is 8.42 Å². The third-order valence-corrected chi connectivity index (χ3v) is 4.34. The average molecular weight is 327 g/mol. The van der Waals surface area contributed by atoms with Crippen molar-refractivity contribution in [2.24, 2.45) is 0 Å². The topological polar surface area (TPSA) is 69.7 Å². The fourth-order valence-corrected chi connectivity index (χ4v) is 2.84. The number of amides is 1. The Bertz CT molecular complexity index is 583. The zero-order valence-electron chi connectivity index (χ0n) is 13.7. The van der Waals surface area contributed by atoms with Gasteiger partial charge in [0.2, 0.25) is 15.9 Å². The van der Waals surface area contributed by atoms with Gasteiger partial charge in [-0.3, -0.25) is 9.10 Å². The molecule has 0 unspecified atom stereocenters. The fraction of sp³-hybridized carbons (Fsp3) is 0.533.